The lowest BCUT2D eigenvalue weighted by Gasteiger charge is -2.24. The number of quaternary nitrogens is 1. The van der Waals surface area contributed by atoms with Gasteiger partial charge in [-0.1, -0.05) is 110 Å². The van der Waals surface area contributed by atoms with E-state index in [-0.39, 0.29) is 26.1 Å². The monoisotopic (exact) mass is 668 g/mol. The van der Waals surface area contributed by atoms with Gasteiger partial charge in [-0.15, -0.1) is 0 Å². The molecule has 2 atom stereocenters. The molecule has 0 aromatic carbocycles. The van der Waals surface area contributed by atoms with Crippen LogP contribution in [0.5, 0.6) is 0 Å². The number of ether oxygens (including phenoxy) is 2. The number of phosphoric acid groups is 1. The number of carbonyl (C=O) groups excluding carboxylic acids is 2. The number of nitrogens with zero attached hydrogens (tertiary/aromatic N) is 1. The topological polar surface area (TPSA) is 138 Å². The highest BCUT2D eigenvalue weighted by Gasteiger charge is 2.27. The van der Waals surface area contributed by atoms with Crippen LogP contribution in [0, 0.1) is 0 Å². The van der Waals surface area contributed by atoms with Crippen molar-refractivity contribution < 1.29 is 52.2 Å². The summed E-state index contributed by atoms with van der Waals surface area (Å²) in [6, 6.07) is 0. The zero-order valence-corrected chi connectivity index (χ0v) is 29.9. The smallest absolute Gasteiger partial charge is 0.462 e. The normalized spacial score (nSPS) is 13.8. The molecule has 0 aliphatic carbocycles. The van der Waals surface area contributed by atoms with Crippen molar-refractivity contribution in [3.63, 3.8) is 0 Å². The van der Waals surface area contributed by atoms with E-state index in [0.717, 1.165) is 51.4 Å². The molecule has 0 saturated carbocycles. The van der Waals surface area contributed by atoms with E-state index in [1.807, 2.05) is 21.1 Å². The molecule has 2 N–H and O–H groups in total. The third-order valence-corrected chi connectivity index (χ3v) is 8.50. The SMILES string of the molecule is CCCCCCCCCCCCCCCC(=O)OCC(COP(=O)(O)OCC[N+](C)(C)C)OC(=O)CCCCCCCCOO. The Kier molecular flexibility index (Phi) is 28.4. The highest BCUT2D eigenvalue weighted by atomic mass is 31.2. The first-order valence-electron chi connectivity index (χ1n) is 17.5. The summed E-state index contributed by atoms with van der Waals surface area (Å²) in [7, 11) is 1.42. The molecule has 0 spiro atoms. The summed E-state index contributed by atoms with van der Waals surface area (Å²) < 4.78 is 33.9. The van der Waals surface area contributed by atoms with E-state index in [1.54, 1.807) is 0 Å². The van der Waals surface area contributed by atoms with E-state index < -0.39 is 32.5 Å². The summed E-state index contributed by atoms with van der Waals surface area (Å²) in [5.41, 5.74) is 0. The number of hydrogen-bond acceptors (Lipinski definition) is 9. The Morgan fingerprint density at radius 1 is 0.644 bits per heavy atom. The van der Waals surface area contributed by atoms with Crippen LogP contribution in [0.4, 0.5) is 0 Å². The van der Waals surface area contributed by atoms with E-state index in [4.69, 9.17) is 23.8 Å². The highest BCUT2D eigenvalue weighted by molar-refractivity contribution is 7.47. The first kappa shape index (κ1) is 43.9. The van der Waals surface area contributed by atoms with Crippen LogP contribution < -0.4 is 0 Å². The Morgan fingerprint density at radius 3 is 1.60 bits per heavy atom. The fourth-order valence-electron chi connectivity index (χ4n) is 4.69. The molecule has 0 amide bonds. The fourth-order valence-corrected chi connectivity index (χ4v) is 5.44. The molecule has 0 saturated heterocycles. The van der Waals surface area contributed by atoms with E-state index in [9.17, 15) is 19.0 Å². The van der Waals surface area contributed by atoms with Gasteiger partial charge in [0, 0.05) is 12.8 Å². The summed E-state index contributed by atoms with van der Waals surface area (Å²) in [5.74, 6) is -0.874. The lowest BCUT2D eigenvalue weighted by atomic mass is 10.0. The summed E-state index contributed by atoms with van der Waals surface area (Å²) in [5, 5.41) is 8.35. The van der Waals surface area contributed by atoms with Gasteiger partial charge >= 0.3 is 19.8 Å². The van der Waals surface area contributed by atoms with Gasteiger partial charge in [0.2, 0.25) is 0 Å². The quantitative estimate of drug-likeness (QED) is 0.0177. The van der Waals surface area contributed by atoms with Crippen LogP contribution in [-0.2, 0) is 37.6 Å². The van der Waals surface area contributed by atoms with Crippen molar-refractivity contribution in [1.82, 2.24) is 0 Å². The van der Waals surface area contributed by atoms with Gasteiger partial charge in [0.15, 0.2) is 6.10 Å². The van der Waals surface area contributed by atoms with Crippen LogP contribution in [0.15, 0.2) is 0 Å². The third kappa shape index (κ3) is 32.7. The molecule has 0 aromatic rings. The second kappa shape index (κ2) is 29.1. The zero-order valence-electron chi connectivity index (χ0n) is 29.0. The van der Waals surface area contributed by atoms with Crippen molar-refractivity contribution in [1.29, 1.82) is 0 Å². The molecular weight excluding hydrogens is 601 g/mol. The standard InChI is InChI=1S/C33H66NO10P/c1-5-6-7-8-9-10-11-12-13-14-15-18-21-24-32(35)40-29-31(30-43-45(38,39)42-28-26-34(2,3)4)44-33(36)25-22-19-16-17-20-23-27-41-37/h31H,5-30H2,1-4H3,(H-,37,38,39)/p+1. The van der Waals surface area contributed by atoms with Gasteiger partial charge in [-0.3, -0.25) is 23.9 Å². The van der Waals surface area contributed by atoms with Crippen molar-refractivity contribution in [3.8, 4) is 0 Å². The zero-order chi connectivity index (χ0) is 33.7. The number of phosphoric ester groups is 1. The molecule has 268 valence electrons. The van der Waals surface area contributed by atoms with E-state index in [1.165, 1.54) is 64.2 Å². The molecule has 0 aromatic heterocycles. The molecule has 45 heavy (non-hydrogen) atoms. The molecule has 0 heterocycles. The predicted octanol–water partition coefficient (Wildman–Crippen LogP) is 7.98. The number of carbonyl (C=O) groups is 2. The fraction of sp³-hybridized carbons (Fsp3) is 0.939. The van der Waals surface area contributed by atoms with Gasteiger partial charge in [0.05, 0.1) is 34.4 Å². The second-order valence-corrected chi connectivity index (χ2v) is 14.6. The van der Waals surface area contributed by atoms with Crippen molar-refractivity contribution in [2.75, 3.05) is 54.1 Å². The van der Waals surface area contributed by atoms with Crippen LogP contribution in [0.3, 0.4) is 0 Å². The maximum atomic E-state index is 12.5. The molecule has 0 fully saturated rings. The Bertz CT molecular complexity index is 762. The minimum atomic E-state index is -4.38. The molecular formula is C33H67NO10P+. The van der Waals surface area contributed by atoms with Gasteiger partial charge in [0.1, 0.15) is 19.8 Å². The van der Waals surface area contributed by atoms with Gasteiger partial charge in [0.25, 0.3) is 0 Å². The lowest BCUT2D eigenvalue weighted by molar-refractivity contribution is -0.870. The largest absolute Gasteiger partial charge is 0.472 e. The summed E-state index contributed by atoms with van der Waals surface area (Å²) >= 11 is 0. The molecule has 0 radical (unpaired) electrons. The molecule has 0 aliphatic rings. The van der Waals surface area contributed by atoms with Crippen molar-refractivity contribution in [2.45, 2.75) is 148 Å². The van der Waals surface area contributed by atoms with Crippen LogP contribution in [0.1, 0.15) is 142 Å². The van der Waals surface area contributed by atoms with Crippen LogP contribution in [0.2, 0.25) is 0 Å². The number of esters is 2. The number of rotatable bonds is 33. The summed E-state index contributed by atoms with van der Waals surface area (Å²) in [4.78, 5) is 38.9. The Hall–Kier alpha value is -1.07. The van der Waals surface area contributed by atoms with Gasteiger partial charge in [-0.25, -0.2) is 9.45 Å². The lowest BCUT2D eigenvalue weighted by Crippen LogP contribution is -2.37. The van der Waals surface area contributed by atoms with Crippen LogP contribution in [0.25, 0.3) is 0 Å². The minimum Gasteiger partial charge on any atom is -0.462 e. The third-order valence-electron chi connectivity index (χ3n) is 7.52. The molecule has 0 rings (SSSR count). The maximum absolute atomic E-state index is 12.5. The summed E-state index contributed by atoms with van der Waals surface area (Å²) in [6.07, 6.45) is 20.4. The number of unbranched alkanes of at least 4 members (excludes halogenated alkanes) is 17. The van der Waals surface area contributed by atoms with Crippen LogP contribution >= 0.6 is 7.82 Å². The number of likely N-dealkylation sites (N-methyl/N-ethyl adjacent to an activating group) is 1. The van der Waals surface area contributed by atoms with Gasteiger partial charge < -0.3 is 18.9 Å². The molecule has 0 bridgehead atoms. The molecule has 12 heteroatoms. The average molecular weight is 669 g/mol. The second-order valence-electron chi connectivity index (χ2n) is 13.1. The Balaban J connectivity index is 4.40. The van der Waals surface area contributed by atoms with E-state index >= 15 is 0 Å². The van der Waals surface area contributed by atoms with Gasteiger partial charge in [-0.2, -0.15) is 0 Å². The summed E-state index contributed by atoms with van der Waals surface area (Å²) in [6.45, 7) is 2.40. The average Bonchev–Trinajstić information content (AvgIpc) is 2.97. The van der Waals surface area contributed by atoms with E-state index in [0.29, 0.717) is 24.1 Å². The Labute approximate surface area is 273 Å². The molecule has 0 aliphatic heterocycles. The first-order valence-corrected chi connectivity index (χ1v) is 19.0. The van der Waals surface area contributed by atoms with Crippen molar-refractivity contribution in [2.24, 2.45) is 0 Å². The molecule has 11 nitrogen and oxygen atoms in total. The predicted molar refractivity (Wildman–Crippen MR) is 177 cm³/mol. The Morgan fingerprint density at radius 2 is 1.11 bits per heavy atom. The van der Waals surface area contributed by atoms with Crippen LogP contribution in [-0.4, -0.2) is 86.8 Å². The minimum absolute atomic E-state index is 0.0167. The van der Waals surface area contributed by atoms with Crippen molar-refractivity contribution >= 4 is 19.8 Å². The number of hydrogen-bond donors (Lipinski definition) is 2. The maximum Gasteiger partial charge on any atom is 0.472 e. The van der Waals surface area contributed by atoms with Gasteiger partial charge in [-0.05, 0) is 19.3 Å². The first-order chi connectivity index (χ1) is 21.5. The molecule has 2 unspecified atom stereocenters. The van der Waals surface area contributed by atoms with Crippen molar-refractivity contribution in [3.05, 3.63) is 0 Å². The van der Waals surface area contributed by atoms with E-state index in [2.05, 4.69) is 11.8 Å². The highest BCUT2D eigenvalue weighted by Crippen LogP contribution is 2.43.